The number of hydrogen-bond acceptors (Lipinski definition) is 3. The van der Waals surface area contributed by atoms with Crippen LogP contribution >= 0.6 is 0 Å². The number of imidazole rings is 2. The zero-order chi connectivity index (χ0) is 12.6. The monoisotopic (exact) mass is 233 g/mol. The number of hydrogen-bond donors (Lipinski definition) is 1. The smallest absolute Gasteiger partial charge is 0.133 e. The van der Waals surface area contributed by atoms with Gasteiger partial charge in [-0.05, 0) is 27.7 Å². The Morgan fingerprint density at radius 1 is 1.41 bits per heavy atom. The van der Waals surface area contributed by atoms with E-state index >= 15 is 0 Å². The number of aryl methyl sites for hydroxylation is 2. The van der Waals surface area contributed by atoms with E-state index in [1.807, 2.05) is 22.3 Å². The normalized spacial score (nSPS) is 11.4. The summed E-state index contributed by atoms with van der Waals surface area (Å²) in [6.07, 6.45) is 3.62. The summed E-state index contributed by atoms with van der Waals surface area (Å²) in [4.78, 5) is 8.71. The summed E-state index contributed by atoms with van der Waals surface area (Å²) in [5.74, 6) is 1.66. The fourth-order valence-electron chi connectivity index (χ4n) is 2.17. The second-order valence-electron chi connectivity index (χ2n) is 4.42. The summed E-state index contributed by atoms with van der Waals surface area (Å²) in [5, 5.41) is 0. The Hall–Kier alpha value is -1.78. The van der Waals surface area contributed by atoms with Gasteiger partial charge < -0.3 is 14.9 Å². The Labute approximate surface area is 101 Å². The van der Waals surface area contributed by atoms with Crippen LogP contribution in [0, 0.1) is 6.92 Å². The van der Waals surface area contributed by atoms with Gasteiger partial charge in [0.2, 0.25) is 0 Å². The van der Waals surface area contributed by atoms with E-state index in [4.69, 9.17) is 5.73 Å². The van der Waals surface area contributed by atoms with Gasteiger partial charge in [0.05, 0.1) is 18.2 Å². The molecule has 0 fully saturated rings. The highest BCUT2D eigenvalue weighted by Gasteiger charge is 2.17. The molecule has 0 aromatic carbocycles. The summed E-state index contributed by atoms with van der Waals surface area (Å²) >= 11 is 0. The van der Waals surface area contributed by atoms with Gasteiger partial charge in [0.15, 0.2) is 0 Å². The molecule has 0 aliphatic heterocycles. The first-order valence-corrected chi connectivity index (χ1v) is 5.91. The summed E-state index contributed by atoms with van der Waals surface area (Å²) in [6.45, 7) is 9.13. The maximum absolute atomic E-state index is 6.18. The molecule has 0 spiro atoms. The fourth-order valence-corrected chi connectivity index (χ4v) is 2.17. The maximum atomic E-state index is 6.18. The number of anilines is 1. The standard InChI is InChI=1S/C12H19N5/c1-5-16-7-14-6-10(16)11-12(13)17(8(2)3)9(4)15-11/h6-8H,5,13H2,1-4H3. The minimum atomic E-state index is 0.314. The lowest BCUT2D eigenvalue weighted by atomic mass is 10.3. The fraction of sp³-hybridized carbons (Fsp3) is 0.500. The van der Waals surface area contributed by atoms with Crippen LogP contribution in [-0.4, -0.2) is 19.1 Å². The van der Waals surface area contributed by atoms with E-state index in [2.05, 4.69) is 30.7 Å². The largest absolute Gasteiger partial charge is 0.383 e. The lowest BCUT2D eigenvalue weighted by Crippen LogP contribution is -2.07. The third-order valence-electron chi connectivity index (χ3n) is 2.94. The van der Waals surface area contributed by atoms with E-state index in [0.717, 1.165) is 23.8 Å². The number of rotatable bonds is 3. The molecule has 5 heteroatoms. The molecule has 2 aromatic rings. The van der Waals surface area contributed by atoms with Crippen molar-refractivity contribution in [3.8, 4) is 11.4 Å². The number of nitrogens with two attached hydrogens (primary N) is 1. The molecule has 2 aromatic heterocycles. The van der Waals surface area contributed by atoms with Crippen molar-refractivity contribution in [2.45, 2.75) is 40.3 Å². The molecule has 92 valence electrons. The molecule has 2 N–H and O–H groups in total. The average molecular weight is 233 g/mol. The molecule has 0 bridgehead atoms. The lowest BCUT2D eigenvalue weighted by molar-refractivity contribution is 0.590. The predicted octanol–water partition coefficient (Wildman–Crippen LogP) is 2.24. The average Bonchev–Trinajstić information content (AvgIpc) is 2.82. The molecule has 0 saturated carbocycles. The van der Waals surface area contributed by atoms with E-state index in [1.165, 1.54) is 0 Å². The van der Waals surface area contributed by atoms with Gasteiger partial charge in [-0.2, -0.15) is 0 Å². The van der Waals surface area contributed by atoms with E-state index in [0.29, 0.717) is 11.9 Å². The third kappa shape index (κ3) is 1.81. The first kappa shape index (κ1) is 11.7. The molecule has 0 unspecified atom stereocenters. The number of aromatic nitrogens is 4. The van der Waals surface area contributed by atoms with Crippen molar-refractivity contribution in [1.29, 1.82) is 0 Å². The van der Waals surface area contributed by atoms with Crippen LogP contribution in [0.25, 0.3) is 11.4 Å². The van der Waals surface area contributed by atoms with E-state index in [-0.39, 0.29) is 0 Å². The second kappa shape index (κ2) is 4.24. The van der Waals surface area contributed by atoms with Crippen LogP contribution in [0.2, 0.25) is 0 Å². The van der Waals surface area contributed by atoms with Gasteiger partial charge >= 0.3 is 0 Å². The van der Waals surface area contributed by atoms with Crippen molar-refractivity contribution >= 4 is 5.82 Å². The summed E-state index contributed by atoms with van der Waals surface area (Å²) < 4.78 is 4.09. The second-order valence-corrected chi connectivity index (χ2v) is 4.42. The van der Waals surface area contributed by atoms with Crippen LogP contribution in [0.3, 0.4) is 0 Å². The molecule has 0 aliphatic carbocycles. The zero-order valence-corrected chi connectivity index (χ0v) is 10.8. The molecule has 2 heterocycles. The molecular weight excluding hydrogens is 214 g/mol. The molecule has 5 nitrogen and oxygen atoms in total. The predicted molar refractivity (Wildman–Crippen MR) is 68.7 cm³/mol. The highest BCUT2D eigenvalue weighted by molar-refractivity contribution is 5.68. The minimum absolute atomic E-state index is 0.314. The van der Waals surface area contributed by atoms with Crippen molar-refractivity contribution in [3.05, 3.63) is 18.3 Å². The van der Waals surface area contributed by atoms with Gasteiger partial charge in [-0.1, -0.05) is 0 Å². The van der Waals surface area contributed by atoms with Gasteiger partial charge in [-0.3, -0.25) is 0 Å². The van der Waals surface area contributed by atoms with Gasteiger partial charge in [0.25, 0.3) is 0 Å². The third-order valence-corrected chi connectivity index (χ3v) is 2.94. The van der Waals surface area contributed by atoms with Crippen molar-refractivity contribution in [3.63, 3.8) is 0 Å². The van der Waals surface area contributed by atoms with Crippen molar-refractivity contribution < 1.29 is 0 Å². The van der Waals surface area contributed by atoms with Crippen LogP contribution in [-0.2, 0) is 6.54 Å². The van der Waals surface area contributed by atoms with E-state index in [9.17, 15) is 0 Å². The Morgan fingerprint density at radius 2 is 2.12 bits per heavy atom. The highest BCUT2D eigenvalue weighted by atomic mass is 15.2. The van der Waals surface area contributed by atoms with Gasteiger partial charge in [0.1, 0.15) is 17.3 Å². The van der Waals surface area contributed by atoms with Crippen LogP contribution in [0.5, 0.6) is 0 Å². The molecular formula is C12H19N5. The highest BCUT2D eigenvalue weighted by Crippen LogP contribution is 2.28. The lowest BCUT2D eigenvalue weighted by Gasteiger charge is -2.11. The van der Waals surface area contributed by atoms with Crippen LogP contribution in [0.15, 0.2) is 12.5 Å². The van der Waals surface area contributed by atoms with Gasteiger partial charge in [-0.25, -0.2) is 9.97 Å². The zero-order valence-electron chi connectivity index (χ0n) is 10.8. The van der Waals surface area contributed by atoms with Gasteiger partial charge in [0, 0.05) is 12.6 Å². The number of nitrogen functional groups attached to an aromatic ring is 1. The van der Waals surface area contributed by atoms with E-state index in [1.54, 1.807) is 6.33 Å². The van der Waals surface area contributed by atoms with Crippen molar-refractivity contribution in [2.75, 3.05) is 5.73 Å². The molecule has 17 heavy (non-hydrogen) atoms. The van der Waals surface area contributed by atoms with Crippen LogP contribution in [0.1, 0.15) is 32.6 Å². The summed E-state index contributed by atoms with van der Waals surface area (Å²) in [5.41, 5.74) is 7.99. The van der Waals surface area contributed by atoms with Gasteiger partial charge in [-0.15, -0.1) is 0 Å². The molecule has 0 amide bonds. The van der Waals surface area contributed by atoms with E-state index < -0.39 is 0 Å². The number of nitrogens with zero attached hydrogens (tertiary/aromatic N) is 4. The topological polar surface area (TPSA) is 61.7 Å². The Balaban J connectivity index is 2.58. The van der Waals surface area contributed by atoms with Crippen molar-refractivity contribution in [1.82, 2.24) is 19.1 Å². The first-order chi connectivity index (χ1) is 8.06. The molecule has 2 rings (SSSR count). The minimum Gasteiger partial charge on any atom is -0.383 e. The molecule has 0 radical (unpaired) electrons. The molecule has 0 aliphatic rings. The Bertz CT molecular complexity index is 521. The van der Waals surface area contributed by atoms with Crippen LogP contribution < -0.4 is 5.73 Å². The summed E-state index contributed by atoms with van der Waals surface area (Å²) in [7, 11) is 0. The molecule has 0 saturated heterocycles. The summed E-state index contributed by atoms with van der Waals surface area (Å²) in [6, 6.07) is 0.314. The van der Waals surface area contributed by atoms with Crippen molar-refractivity contribution in [2.24, 2.45) is 0 Å². The SMILES string of the molecule is CCn1cncc1-c1nc(C)n(C(C)C)c1N. The quantitative estimate of drug-likeness (QED) is 0.884. The Morgan fingerprint density at radius 3 is 2.65 bits per heavy atom. The van der Waals surface area contributed by atoms with Crippen LogP contribution in [0.4, 0.5) is 5.82 Å². The maximum Gasteiger partial charge on any atom is 0.133 e. The first-order valence-electron chi connectivity index (χ1n) is 5.91. The molecule has 0 atom stereocenters. The Kier molecular flexibility index (Phi) is 2.92.